The van der Waals surface area contributed by atoms with Crippen LogP contribution in [0.1, 0.15) is 54.7 Å². The van der Waals surface area contributed by atoms with Gasteiger partial charge in [0.15, 0.2) is 6.04 Å². The van der Waals surface area contributed by atoms with E-state index >= 15 is 0 Å². The molecule has 0 aromatic heterocycles. The SMILES string of the molecule is COC(=O)C(c1ccccc1)N1CC(NC(=O)C(=O)c2ccc(OCCC(NC(=O)OC(C)(C)C)C(=O)OCc3ccc(OC)cc3)cc2)C1=O. The number of esters is 2. The number of ether oxygens (including phenoxy) is 5. The van der Waals surface area contributed by atoms with Crippen LogP contribution in [-0.4, -0.2) is 85.6 Å². The Bertz CT molecular complexity index is 1700. The zero-order chi connectivity index (χ0) is 37.1. The van der Waals surface area contributed by atoms with E-state index in [1.165, 1.54) is 36.3 Å². The summed E-state index contributed by atoms with van der Waals surface area (Å²) in [6, 6.07) is 18.2. The summed E-state index contributed by atoms with van der Waals surface area (Å²) in [6.07, 6.45) is -0.775. The van der Waals surface area contributed by atoms with Crippen molar-refractivity contribution in [3.63, 3.8) is 0 Å². The molecule has 3 atom stereocenters. The van der Waals surface area contributed by atoms with Crippen LogP contribution in [0.5, 0.6) is 11.5 Å². The average Bonchev–Trinajstić information content (AvgIpc) is 3.12. The number of benzene rings is 3. The molecule has 1 aliphatic heterocycles. The summed E-state index contributed by atoms with van der Waals surface area (Å²) in [5, 5.41) is 4.96. The van der Waals surface area contributed by atoms with Gasteiger partial charge in [0, 0.05) is 12.0 Å². The summed E-state index contributed by atoms with van der Waals surface area (Å²) in [5.74, 6) is -2.72. The lowest BCUT2D eigenvalue weighted by Gasteiger charge is -2.42. The van der Waals surface area contributed by atoms with Crippen LogP contribution >= 0.6 is 0 Å². The van der Waals surface area contributed by atoms with E-state index < -0.39 is 59.4 Å². The minimum absolute atomic E-state index is 0.0120. The molecule has 270 valence electrons. The number of rotatable bonds is 15. The van der Waals surface area contributed by atoms with Crippen molar-refractivity contribution in [3.05, 3.63) is 95.6 Å². The second-order valence-corrected chi connectivity index (χ2v) is 12.5. The number of likely N-dealkylation sites (tertiary alicyclic amines) is 1. The predicted molar refractivity (Wildman–Crippen MR) is 182 cm³/mol. The van der Waals surface area contributed by atoms with Gasteiger partial charge in [-0.05, 0) is 68.3 Å². The van der Waals surface area contributed by atoms with Crippen molar-refractivity contribution in [2.45, 2.75) is 57.5 Å². The van der Waals surface area contributed by atoms with Crippen LogP contribution in [0.15, 0.2) is 78.9 Å². The number of alkyl carbamates (subject to hydrolysis) is 1. The highest BCUT2D eigenvalue weighted by Gasteiger charge is 2.45. The number of amides is 3. The number of hydrogen-bond acceptors (Lipinski definition) is 11. The van der Waals surface area contributed by atoms with Gasteiger partial charge in [0.2, 0.25) is 11.7 Å². The van der Waals surface area contributed by atoms with Gasteiger partial charge in [-0.15, -0.1) is 0 Å². The number of methoxy groups -OCH3 is 2. The van der Waals surface area contributed by atoms with Crippen molar-refractivity contribution >= 4 is 35.6 Å². The molecule has 3 aromatic rings. The Morgan fingerprint density at radius 1 is 0.863 bits per heavy atom. The zero-order valence-electron chi connectivity index (χ0n) is 29.0. The van der Waals surface area contributed by atoms with Gasteiger partial charge in [-0.2, -0.15) is 0 Å². The molecule has 0 aliphatic carbocycles. The van der Waals surface area contributed by atoms with E-state index in [-0.39, 0.29) is 31.7 Å². The van der Waals surface area contributed by atoms with E-state index in [0.29, 0.717) is 17.1 Å². The number of Topliss-reactive ketones (excluding diaryl/α,β-unsaturated/α-hetero) is 1. The van der Waals surface area contributed by atoms with E-state index in [1.807, 2.05) is 0 Å². The molecule has 1 aliphatic rings. The van der Waals surface area contributed by atoms with Gasteiger partial charge >= 0.3 is 18.0 Å². The Kier molecular flexibility index (Phi) is 12.7. The lowest BCUT2D eigenvalue weighted by Crippen LogP contribution is -2.66. The highest BCUT2D eigenvalue weighted by atomic mass is 16.6. The normalized spacial score (nSPS) is 15.0. The summed E-state index contributed by atoms with van der Waals surface area (Å²) in [6.45, 7) is 5.04. The molecular formula is C37H41N3O11. The van der Waals surface area contributed by atoms with E-state index in [2.05, 4.69) is 10.6 Å². The quantitative estimate of drug-likeness (QED) is 0.0779. The van der Waals surface area contributed by atoms with Gasteiger partial charge in [-0.1, -0.05) is 42.5 Å². The molecule has 1 fully saturated rings. The monoisotopic (exact) mass is 703 g/mol. The van der Waals surface area contributed by atoms with Crippen molar-refractivity contribution in [2.75, 3.05) is 27.4 Å². The molecule has 14 heteroatoms. The van der Waals surface area contributed by atoms with E-state index in [0.717, 1.165) is 5.56 Å². The van der Waals surface area contributed by atoms with Gasteiger partial charge < -0.3 is 39.2 Å². The van der Waals surface area contributed by atoms with Crippen molar-refractivity contribution in [2.24, 2.45) is 0 Å². The first-order valence-electron chi connectivity index (χ1n) is 16.1. The lowest BCUT2D eigenvalue weighted by atomic mass is 9.98. The first-order valence-corrected chi connectivity index (χ1v) is 16.1. The van der Waals surface area contributed by atoms with Crippen LogP contribution in [0.25, 0.3) is 0 Å². The summed E-state index contributed by atoms with van der Waals surface area (Å²) < 4.78 is 26.5. The number of carbonyl (C=O) groups excluding carboxylic acids is 6. The van der Waals surface area contributed by atoms with E-state index in [9.17, 15) is 28.8 Å². The lowest BCUT2D eigenvalue weighted by molar-refractivity contribution is -0.161. The number of ketones is 1. The van der Waals surface area contributed by atoms with Crippen molar-refractivity contribution in [1.82, 2.24) is 15.5 Å². The fraction of sp³-hybridized carbons (Fsp3) is 0.351. The second-order valence-electron chi connectivity index (χ2n) is 12.5. The topological polar surface area (TPSA) is 176 Å². The van der Waals surface area contributed by atoms with Crippen molar-refractivity contribution in [1.29, 1.82) is 0 Å². The number of carbonyl (C=O) groups is 6. The third-order valence-corrected chi connectivity index (χ3v) is 7.63. The molecule has 3 aromatic carbocycles. The number of hydrogen-bond donors (Lipinski definition) is 2. The molecule has 0 bridgehead atoms. The Labute approximate surface area is 295 Å². The molecule has 14 nitrogen and oxygen atoms in total. The molecule has 4 rings (SSSR count). The maximum absolute atomic E-state index is 13.0. The smallest absolute Gasteiger partial charge is 0.408 e. The van der Waals surface area contributed by atoms with E-state index in [1.54, 1.807) is 82.5 Å². The number of nitrogens with one attached hydrogen (secondary N) is 2. The second kappa shape index (κ2) is 17.1. The Balaban J connectivity index is 1.29. The predicted octanol–water partition coefficient (Wildman–Crippen LogP) is 3.52. The molecule has 1 heterocycles. The Morgan fingerprint density at radius 2 is 1.51 bits per heavy atom. The van der Waals surface area contributed by atoms with Gasteiger partial charge in [-0.3, -0.25) is 14.4 Å². The van der Waals surface area contributed by atoms with Crippen LogP contribution in [-0.2, 0) is 40.0 Å². The zero-order valence-corrected chi connectivity index (χ0v) is 29.0. The molecule has 0 spiro atoms. The summed E-state index contributed by atoms with van der Waals surface area (Å²) in [7, 11) is 2.77. The number of nitrogens with zero attached hydrogens (tertiary/aromatic N) is 1. The van der Waals surface area contributed by atoms with Gasteiger partial charge in [-0.25, -0.2) is 14.4 Å². The number of β-lactam (4-membered cyclic amide) rings is 1. The largest absolute Gasteiger partial charge is 0.497 e. The van der Waals surface area contributed by atoms with E-state index in [4.69, 9.17) is 23.7 Å². The molecule has 3 unspecified atom stereocenters. The average molecular weight is 704 g/mol. The van der Waals surface area contributed by atoms with Gasteiger partial charge in [0.1, 0.15) is 35.8 Å². The maximum Gasteiger partial charge on any atom is 0.408 e. The Hall–Kier alpha value is -5.92. The first kappa shape index (κ1) is 37.9. The molecular weight excluding hydrogens is 662 g/mol. The Morgan fingerprint density at radius 3 is 2.10 bits per heavy atom. The van der Waals surface area contributed by atoms with Crippen LogP contribution < -0.4 is 20.1 Å². The van der Waals surface area contributed by atoms with Gasteiger partial charge in [0.05, 0.1) is 27.4 Å². The minimum atomic E-state index is -1.09. The molecule has 3 amide bonds. The van der Waals surface area contributed by atoms with Crippen LogP contribution in [0.2, 0.25) is 0 Å². The third kappa shape index (κ3) is 10.5. The van der Waals surface area contributed by atoms with Crippen LogP contribution in [0, 0.1) is 0 Å². The molecule has 0 radical (unpaired) electrons. The molecule has 51 heavy (non-hydrogen) atoms. The summed E-state index contributed by atoms with van der Waals surface area (Å²) >= 11 is 0. The maximum atomic E-state index is 13.0. The first-order chi connectivity index (χ1) is 24.3. The fourth-order valence-corrected chi connectivity index (χ4v) is 5.01. The van der Waals surface area contributed by atoms with Crippen LogP contribution in [0.4, 0.5) is 4.79 Å². The highest BCUT2D eigenvalue weighted by Crippen LogP contribution is 2.28. The third-order valence-electron chi connectivity index (χ3n) is 7.63. The van der Waals surface area contributed by atoms with Crippen molar-refractivity contribution < 1.29 is 52.5 Å². The highest BCUT2D eigenvalue weighted by molar-refractivity contribution is 6.43. The summed E-state index contributed by atoms with van der Waals surface area (Å²) in [4.78, 5) is 77.6. The molecule has 2 N–H and O–H groups in total. The van der Waals surface area contributed by atoms with Crippen LogP contribution in [0.3, 0.4) is 0 Å². The van der Waals surface area contributed by atoms with Gasteiger partial charge in [0.25, 0.3) is 5.91 Å². The molecule has 0 saturated carbocycles. The van der Waals surface area contributed by atoms with Crippen molar-refractivity contribution in [3.8, 4) is 11.5 Å². The molecule has 1 saturated heterocycles. The standard InChI is InChI=1S/C37H41N3O11/c1-37(2,3)51-36(46)39-28(34(44)50-22-23-11-15-26(47-4)16-12-23)19-20-49-27-17-13-25(14-18-27)31(41)32(42)38-29-21-40(33(29)43)30(35(45)48-5)24-9-7-6-8-10-24/h6-18,28-30H,19-22H2,1-5H3,(H,38,42)(H,39,46). The summed E-state index contributed by atoms with van der Waals surface area (Å²) in [5.41, 5.74) is 0.529. The minimum Gasteiger partial charge on any atom is -0.497 e. The fourth-order valence-electron chi connectivity index (χ4n) is 5.01.